The van der Waals surface area contributed by atoms with E-state index < -0.39 is 10.1 Å². The highest BCUT2D eigenvalue weighted by atomic mass is 32.2. The van der Waals surface area contributed by atoms with Crippen LogP contribution in [0.15, 0.2) is 29.2 Å². The number of hydrogen-bond acceptors (Lipinski definition) is 4. The number of aryl methyl sites for hydroxylation is 1. The van der Waals surface area contributed by atoms with E-state index in [1.807, 2.05) is 6.92 Å². The van der Waals surface area contributed by atoms with Crippen molar-refractivity contribution in [1.82, 2.24) is 0 Å². The Hall–Kier alpha value is -0.950. The van der Waals surface area contributed by atoms with Gasteiger partial charge in [-0.1, -0.05) is 50.3 Å². The molecule has 0 radical (unpaired) electrons. The van der Waals surface area contributed by atoms with E-state index in [1.165, 1.54) is 57.2 Å². The standard InChI is InChI=1S/C12H28NO.C7H8O3S/c1-4-5-6-7-8-9-10-13(2,3)11-12-14;1-6-2-4-7(5-3-6)11(8,9)10/h14H,4-12H2,1-3H3;2-5H,1H3,(H,8,9,10)/q+1;/p-1. The Bertz CT molecular complexity index is 553. The van der Waals surface area contributed by atoms with Crippen LogP contribution in [0, 0.1) is 6.92 Å². The number of quaternary nitrogens is 1. The van der Waals surface area contributed by atoms with Gasteiger partial charge in [-0.3, -0.25) is 0 Å². The molecule has 146 valence electrons. The molecule has 0 bridgehead atoms. The van der Waals surface area contributed by atoms with E-state index in [1.54, 1.807) is 12.1 Å². The molecule has 0 unspecified atom stereocenters. The van der Waals surface area contributed by atoms with Crippen LogP contribution in [-0.2, 0) is 10.1 Å². The number of hydrogen-bond donors (Lipinski definition) is 1. The van der Waals surface area contributed by atoms with Gasteiger partial charge in [0.25, 0.3) is 0 Å². The van der Waals surface area contributed by atoms with Crippen molar-refractivity contribution in [3.05, 3.63) is 29.8 Å². The Kier molecular flexibility index (Phi) is 11.9. The second-order valence-corrected chi connectivity index (χ2v) is 8.52. The van der Waals surface area contributed by atoms with Crippen LogP contribution >= 0.6 is 0 Å². The van der Waals surface area contributed by atoms with Gasteiger partial charge >= 0.3 is 0 Å². The molecule has 1 N–H and O–H groups in total. The third kappa shape index (κ3) is 13.0. The van der Waals surface area contributed by atoms with E-state index in [4.69, 9.17) is 5.11 Å². The molecule has 0 amide bonds. The highest BCUT2D eigenvalue weighted by Gasteiger charge is 2.12. The van der Waals surface area contributed by atoms with E-state index in [2.05, 4.69) is 21.0 Å². The molecule has 0 aliphatic rings. The van der Waals surface area contributed by atoms with Crippen LogP contribution < -0.4 is 0 Å². The minimum atomic E-state index is -4.27. The molecule has 0 saturated heterocycles. The fourth-order valence-electron chi connectivity index (χ4n) is 2.41. The molecular formula is C19H35NO4S. The van der Waals surface area contributed by atoms with E-state index >= 15 is 0 Å². The van der Waals surface area contributed by atoms with Crippen LogP contribution in [-0.4, -0.2) is 56.4 Å². The predicted octanol–water partition coefficient (Wildman–Crippen LogP) is 3.31. The first-order chi connectivity index (χ1) is 11.6. The van der Waals surface area contributed by atoms with Crippen molar-refractivity contribution in [2.75, 3.05) is 33.8 Å². The van der Waals surface area contributed by atoms with Crippen LogP contribution in [0.25, 0.3) is 0 Å². The van der Waals surface area contributed by atoms with Gasteiger partial charge in [-0.15, -0.1) is 0 Å². The fraction of sp³-hybridized carbons (Fsp3) is 0.684. The smallest absolute Gasteiger partial charge is 0.124 e. The normalized spacial score (nSPS) is 11.8. The summed E-state index contributed by atoms with van der Waals surface area (Å²) >= 11 is 0. The summed E-state index contributed by atoms with van der Waals surface area (Å²) in [6.45, 7) is 6.47. The molecule has 1 rings (SSSR count). The van der Waals surface area contributed by atoms with Gasteiger partial charge < -0.3 is 14.1 Å². The minimum Gasteiger partial charge on any atom is -0.744 e. The van der Waals surface area contributed by atoms with Gasteiger partial charge in [0.15, 0.2) is 0 Å². The van der Waals surface area contributed by atoms with Gasteiger partial charge in [0.05, 0.1) is 32.1 Å². The SMILES string of the molecule is CCCCCCCC[N+](C)(C)CCO.Cc1ccc(S(=O)(=O)[O-])cc1. The number of nitrogens with zero attached hydrogens (tertiary/aromatic N) is 1. The molecule has 0 fully saturated rings. The first-order valence-electron chi connectivity index (χ1n) is 9.08. The molecule has 0 aliphatic carbocycles. The highest BCUT2D eigenvalue weighted by Crippen LogP contribution is 2.09. The van der Waals surface area contributed by atoms with Crippen molar-refractivity contribution in [2.24, 2.45) is 0 Å². The molecular weight excluding hydrogens is 338 g/mol. The number of likely N-dealkylation sites (N-methyl/N-ethyl adjacent to an activating group) is 1. The Labute approximate surface area is 154 Å². The molecule has 0 aromatic heterocycles. The Morgan fingerprint density at radius 1 is 0.960 bits per heavy atom. The zero-order chi connectivity index (χ0) is 19.3. The van der Waals surface area contributed by atoms with Crippen LogP contribution in [0.1, 0.15) is 51.0 Å². The van der Waals surface area contributed by atoms with Crippen LogP contribution in [0.2, 0.25) is 0 Å². The van der Waals surface area contributed by atoms with Crippen LogP contribution in [0.4, 0.5) is 0 Å². The van der Waals surface area contributed by atoms with Gasteiger partial charge in [-0.25, -0.2) is 8.42 Å². The Morgan fingerprint density at radius 3 is 1.96 bits per heavy atom. The Balaban J connectivity index is 0.000000472. The van der Waals surface area contributed by atoms with Crippen LogP contribution in [0.3, 0.4) is 0 Å². The van der Waals surface area contributed by atoms with Crippen molar-refractivity contribution >= 4 is 10.1 Å². The second kappa shape index (κ2) is 12.4. The Morgan fingerprint density at radius 2 is 1.48 bits per heavy atom. The molecule has 5 nitrogen and oxygen atoms in total. The molecule has 6 heteroatoms. The summed E-state index contributed by atoms with van der Waals surface area (Å²) in [7, 11) is 0.124. The van der Waals surface area contributed by atoms with Gasteiger partial charge in [-0.05, 0) is 31.9 Å². The van der Waals surface area contributed by atoms with Crippen molar-refractivity contribution in [3.8, 4) is 0 Å². The summed E-state index contributed by atoms with van der Waals surface area (Å²) in [6, 6.07) is 5.78. The molecule has 25 heavy (non-hydrogen) atoms. The lowest BCUT2D eigenvalue weighted by molar-refractivity contribution is -0.890. The van der Waals surface area contributed by atoms with E-state index in [0.717, 1.165) is 16.6 Å². The number of rotatable bonds is 10. The molecule has 1 aromatic carbocycles. The molecule has 0 aliphatic heterocycles. The summed E-state index contributed by atoms with van der Waals surface area (Å²) in [6.07, 6.45) is 8.14. The maximum Gasteiger partial charge on any atom is 0.124 e. The topological polar surface area (TPSA) is 77.4 Å². The van der Waals surface area contributed by atoms with Crippen molar-refractivity contribution in [1.29, 1.82) is 0 Å². The third-order valence-electron chi connectivity index (χ3n) is 4.13. The zero-order valence-corrected chi connectivity index (χ0v) is 17.0. The van der Waals surface area contributed by atoms with Gasteiger partial charge in [0.2, 0.25) is 0 Å². The largest absolute Gasteiger partial charge is 0.744 e. The summed E-state index contributed by atoms with van der Waals surface area (Å²) in [4.78, 5) is -0.178. The molecule has 0 saturated carbocycles. The van der Waals surface area contributed by atoms with Gasteiger partial charge in [0, 0.05) is 0 Å². The monoisotopic (exact) mass is 373 g/mol. The van der Waals surface area contributed by atoms with E-state index in [0.29, 0.717) is 6.61 Å². The number of aliphatic hydroxyl groups excluding tert-OH is 1. The maximum absolute atomic E-state index is 10.4. The highest BCUT2D eigenvalue weighted by molar-refractivity contribution is 7.85. The first kappa shape index (κ1) is 24.1. The number of aliphatic hydroxyl groups is 1. The van der Waals surface area contributed by atoms with Crippen molar-refractivity contribution in [2.45, 2.75) is 57.3 Å². The first-order valence-corrected chi connectivity index (χ1v) is 10.5. The summed E-state index contributed by atoms with van der Waals surface area (Å²) in [5.41, 5.74) is 0.928. The molecule has 0 heterocycles. The van der Waals surface area contributed by atoms with Gasteiger partial charge in [-0.2, -0.15) is 0 Å². The molecule has 1 aromatic rings. The maximum atomic E-state index is 10.4. The molecule has 0 spiro atoms. The average molecular weight is 374 g/mol. The third-order valence-corrected chi connectivity index (χ3v) is 4.98. The van der Waals surface area contributed by atoms with Crippen molar-refractivity contribution in [3.63, 3.8) is 0 Å². The lowest BCUT2D eigenvalue weighted by atomic mass is 10.1. The van der Waals surface area contributed by atoms with E-state index in [9.17, 15) is 13.0 Å². The zero-order valence-electron chi connectivity index (χ0n) is 16.2. The summed E-state index contributed by atoms with van der Waals surface area (Å²) in [5.74, 6) is 0. The lowest BCUT2D eigenvalue weighted by Gasteiger charge is -2.28. The van der Waals surface area contributed by atoms with Crippen molar-refractivity contribution < 1.29 is 22.6 Å². The summed E-state index contributed by atoms with van der Waals surface area (Å²) in [5, 5.41) is 8.86. The minimum absolute atomic E-state index is 0.178. The molecule has 0 atom stereocenters. The summed E-state index contributed by atoms with van der Waals surface area (Å²) < 4.78 is 32.1. The number of benzene rings is 1. The number of unbranched alkanes of at least 4 members (excludes halogenated alkanes) is 5. The second-order valence-electron chi connectivity index (χ2n) is 7.14. The quantitative estimate of drug-likeness (QED) is 0.388. The van der Waals surface area contributed by atoms with Gasteiger partial charge in [0.1, 0.15) is 16.7 Å². The van der Waals surface area contributed by atoms with Crippen LogP contribution in [0.5, 0.6) is 0 Å². The fourth-order valence-corrected chi connectivity index (χ4v) is 2.88. The average Bonchev–Trinajstić information content (AvgIpc) is 2.51. The lowest BCUT2D eigenvalue weighted by Crippen LogP contribution is -2.42. The van der Waals surface area contributed by atoms with E-state index in [-0.39, 0.29) is 4.90 Å². The predicted molar refractivity (Wildman–Crippen MR) is 101 cm³/mol.